The molecule has 1 aromatic carbocycles. The van der Waals surface area contributed by atoms with Gasteiger partial charge in [-0.3, -0.25) is 5.10 Å². The standard InChI is InChI=1S/C11H12F2N4/c12-9-2-1-8(5-10(9)13)6-14-4-3-11-15-7-16-17-11/h1-2,5,7,14H,3-4,6H2,(H,15,16,17). The molecule has 0 bridgehead atoms. The normalized spacial score (nSPS) is 10.7. The van der Waals surface area contributed by atoms with Gasteiger partial charge in [0.1, 0.15) is 12.2 Å². The maximum atomic E-state index is 12.9. The van der Waals surface area contributed by atoms with Crippen LogP contribution in [0.15, 0.2) is 24.5 Å². The molecule has 0 saturated carbocycles. The van der Waals surface area contributed by atoms with Crippen LogP contribution in [0.4, 0.5) is 8.78 Å². The molecule has 0 spiro atoms. The number of hydrogen-bond donors (Lipinski definition) is 2. The summed E-state index contributed by atoms with van der Waals surface area (Å²) in [6.07, 6.45) is 2.16. The van der Waals surface area contributed by atoms with Crippen molar-refractivity contribution in [2.45, 2.75) is 13.0 Å². The lowest BCUT2D eigenvalue weighted by molar-refractivity contribution is 0.506. The summed E-state index contributed by atoms with van der Waals surface area (Å²) in [5, 5.41) is 9.58. The van der Waals surface area contributed by atoms with Gasteiger partial charge in [-0.25, -0.2) is 13.8 Å². The highest BCUT2D eigenvalue weighted by atomic mass is 19.2. The molecule has 0 atom stereocenters. The number of nitrogens with zero attached hydrogens (tertiary/aromatic N) is 2. The molecule has 2 aromatic rings. The van der Waals surface area contributed by atoms with E-state index in [-0.39, 0.29) is 0 Å². The van der Waals surface area contributed by atoms with Gasteiger partial charge in [-0.15, -0.1) is 0 Å². The van der Waals surface area contributed by atoms with Crippen molar-refractivity contribution in [3.63, 3.8) is 0 Å². The van der Waals surface area contributed by atoms with Crippen molar-refractivity contribution in [1.29, 1.82) is 0 Å². The predicted molar refractivity (Wildman–Crippen MR) is 58.2 cm³/mol. The first kappa shape index (κ1) is 11.7. The van der Waals surface area contributed by atoms with Crippen LogP contribution in [0, 0.1) is 11.6 Å². The van der Waals surface area contributed by atoms with E-state index in [1.54, 1.807) is 6.07 Å². The van der Waals surface area contributed by atoms with E-state index >= 15 is 0 Å². The van der Waals surface area contributed by atoms with Crippen LogP contribution in [-0.4, -0.2) is 21.7 Å². The van der Waals surface area contributed by atoms with Gasteiger partial charge in [0.15, 0.2) is 11.6 Å². The summed E-state index contributed by atoms with van der Waals surface area (Å²) in [7, 11) is 0. The zero-order valence-corrected chi connectivity index (χ0v) is 9.08. The molecule has 6 heteroatoms. The van der Waals surface area contributed by atoms with Crippen LogP contribution in [0.1, 0.15) is 11.4 Å². The monoisotopic (exact) mass is 238 g/mol. The fourth-order valence-electron chi connectivity index (χ4n) is 1.44. The van der Waals surface area contributed by atoms with Crippen molar-refractivity contribution in [3.8, 4) is 0 Å². The van der Waals surface area contributed by atoms with Gasteiger partial charge < -0.3 is 5.32 Å². The molecule has 0 radical (unpaired) electrons. The molecule has 0 unspecified atom stereocenters. The number of halogens is 2. The summed E-state index contributed by atoms with van der Waals surface area (Å²) in [5.41, 5.74) is 0.710. The Hall–Kier alpha value is -1.82. The topological polar surface area (TPSA) is 53.6 Å². The Kier molecular flexibility index (Phi) is 3.77. The molecule has 2 rings (SSSR count). The average Bonchev–Trinajstić information content (AvgIpc) is 2.82. The van der Waals surface area contributed by atoms with E-state index in [9.17, 15) is 8.78 Å². The maximum Gasteiger partial charge on any atom is 0.159 e. The summed E-state index contributed by atoms with van der Waals surface area (Å²) < 4.78 is 25.5. The Balaban J connectivity index is 1.76. The summed E-state index contributed by atoms with van der Waals surface area (Å²) in [6, 6.07) is 3.87. The fourth-order valence-corrected chi connectivity index (χ4v) is 1.44. The van der Waals surface area contributed by atoms with Crippen LogP contribution in [0.2, 0.25) is 0 Å². The molecule has 0 aliphatic heterocycles. The third-order valence-electron chi connectivity index (χ3n) is 2.32. The first-order chi connectivity index (χ1) is 8.25. The van der Waals surface area contributed by atoms with Crippen LogP contribution >= 0.6 is 0 Å². The molecule has 0 fully saturated rings. The Labute approximate surface area is 97.1 Å². The van der Waals surface area contributed by atoms with E-state index in [1.807, 2.05) is 0 Å². The lowest BCUT2D eigenvalue weighted by atomic mass is 10.2. The predicted octanol–water partition coefficient (Wildman–Crippen LogP) is 1.42. The lowest BCUT2D eigenvalue weighted by Gasteiger charge is -2.04. The first-order valence-corrected chi connectivity index (χ1v) is 5.24. The zero-order chi connectivity index (χ0) is 12.1. The number of aromatic amines is 1. The van der Waals surface area contributed by atoms with Crippen LogP contribution < -0.4 is 5.32 Å². The number of rotatable bonds is 5. The highest BCUT2D eigenvalue weighted by Crippen LogP contribution is 2.08. The van der Waals surface area contributed by atoms with Crippen LogP contribution in [-0.2, 0) is 13.0 Å². The third kappa shape index (κ3) is 3.32. The smallest absolute Gasteiger partial charge is 0.159 e. The summed E-state index contributed by atoms with van der Waals surface area (Å²) in [6.45, 7) is 1.18. The van der Waals surface area contributed by atoms with Crippen LogP contribution in [0.25, 0.3) is 0 Å². The van der Waals surface area contributed by atoms with E-state index < -0.39 is 11.6 Å². The van der Waals surface area contributed by atoms with Crippen molar-refractivity contribution in [2.75, 3.05) is 6.54 Å². The van der Waals surface area contributed by atoms with Gasteiger partial charge in [0, 0.05) is 19.5 Å². The third-order valence-corrected chi connectivity index (χ3v) is 2.32. The van der Waals surface area contributed by atoms with Crippen molar-refractivity contribution in [3.05, 3.63) is 47.5 Å². The molecule has 4 nitrogen and oxygen atoms in total. The second kappa shape index (κ2) is 5.49. The van der Waals surface area contributed by atoms with Crippen molar-refractivity contribution in [1.82, 2.24) is 20.5 Å². The quantitative estimate of drug-likeness (QED) is 0.774. The molecule has 2 N–H and O–H groups in total. The van der Waals surface area contributed by atoms with E-state index in [2.05, 4.69) is 20.5 Å². The summed E-state index contributed by atoms with van der Waals surface area (Å²) >= 11 is 0. The lowest BCUT2D eigenvalue weighted by Crippen LogP contribution is -2.17. The Morgan fingerprint density at radius 3 is 2.82 bits per heavy atom. The van der Waals surface area contributed by atoms with E-state index in [0.717, 1.165) is 11.9 Å². The van der Waals surface area contributed by atoms with Gasteiger partial charge in [0.2, 0.25) is 0 Å². The number of aromatic nitrogens is 3. The van der Waals surface area contributed by atoms with Gasteiger partial charge in [0.05, 0.1) is 0 Å². The van der Waals surface area contributed by atoms with Crippen LogP contribution in [0.5, 0.6) is 0 Å². The zero-order valence-electron chi connectivity index (χ0n) is 9.08. The Morgan fingerprint density at radius 2 is 2.12 bits per heavy atom. The number of H-pyrrole nitrogens is 1. The number of hydrogen-bond acceptors (Lipinski definition) is 3. The molecule has 1 aromatic heterocycles. The minimum absolute atomic E-state index is 0.491. The maximum absolute atomic E-state index is 12.9. The molecule has 0 aliphatic rings. The summed E-state index contributed by atoms with van der Waals surface area (Å²) in [4.78, 5) is 3.97. The molecule has 90 valence electrons. The second-order valence-corrected chi connectivity index (χ2v) is 3.61. The molecule has 1 heterocycles. The van der Waals surface area contributed by atoms with E-state index in [4.69, 9.17) is 0 Å². The minimum Gasteiger partial charge on any atom is -0.312 e. The van der Waals surface area contributed by atoms with Crippen molar-refractivity contribution >= 4 is 0 Å². The van der Waals surface area contributed by atoms with Crippen molar-refractivity contribution < 1.29 is 8.78 Å². The van der Waals surface area contributed by atoms with Gasteiger partial charge in [-0.1, -0.05) is 6.07 Å². The number of benzene rings is 1. The average molecular weight is 238 g/mol. The highest BCUT2D eigenvalue weighted by Gasteiger charge is 2.02. The largest absolute Gasteiger partial charge is 0.312 e. The SMILES string of the molecule is Fc1ccc(CNCCc2ncn[nH]2)cc1F. The molecular formula is C11H12F2N4. The molecule has 0 saturated heterocycles. The summed E-state index contributed by atoms with van der Waals surface area (Å²) in [5.74, 6) is -0.849. The van der Waals surface area contributed by atoms with E-state index in [0.29, 0.717) is 25.1 Å². The molecular weight excluding hydrogens is 226 g/mol. The Bertz CT molecular complexity index is 470. The first-order valence-electron chi connectivity index (χ1n) is 5.24. The van der Waals surface area contributed by atoms with Gasteiger partial charge >= 0.3 is 0 Å². The highest BCUT2D eigenvalue weighted by molar-refractivity contribution is 5.17. The fraction of sp³-hybridized carbons (Fsp3) is 0.273. The second-order valence-electron chi connectivity index (χ2n) is 3.61. The molecule has 0 amide bonds. The van der Waals surface area contributed by atoms with Gasteiger partial charge in [-0.05, 0) is 17.7 Å². The van der Waals surface area contributed by atoms with E-state index in [1.165, 1.54) is 12.4 Å². The molecule has 17 heavy (non-hydrogen) atoms. The van der Waals surface area contributed by atoms with Gasteiger partial charge in [0.25, 0.3) is 0 Å². The van der Waals surface area contributed by atoms with Crippen LogP contribution in [0.3, 0.4) is 0 Å². The molecule has 0 aliphatic carbocycles. The van der Waals surface area contributed by atoms with Crippen molar-refractivity contribution in [2.24, 2.45) is 0 Å². The number of nitrogens with one attached hydrogen (secondary N) is 2. The minimum atomic E-state index is -0.824. The van der Waals surface area contributed by atoms with Gasteiger partial charge in [-0.2, -0.15) is 5.10 Å². The Morgan fingerprint density at radius 1 is 1.24 bits per heavy atom.